The number of amides is 1. The molecule has 2 aromatic carbocycles. The highest BCUT2D eigenvalue weighted by Crippen LogP contribution is 2.25. The summed E-state index contributed by atoms with van der Waals surface area (Å²) in [5.41, 5.74) is 4.20. The monoisotopic (exact) mass is 440 g/mol. The molecular formula is C24H29BrN2O. The van der Waals surface area contributed by atoms with E-state index in [4.69, 9.17) is 0 Å². The summed E-state index contributed by atoms with van der Waals surface area (Å²) in [6.45, 7) is 3.16. The van der Waals surface area contributed by atoms with Crippen molar-refractivity contribution >= 4 is 21.8 Å². The standard InChI is InChI=1S/C24H29BrN2O/c25-22-8-6-21-17-23(9-7-20(21)16-22)26-24(28)19-11-14-27(15-12-19)13-10-18-4-2-1-3-5-18/h1-6,8,16,19,23H,7,9-15,17H2,(H,26,28). The number of hydrogen-bond acceptors (Lipinski definition) is 2. The third kappa shape index (κ3) is 5.03. The predicted molar refractivity (Wildman–Crippen MR) is 117 cm³/mol. The van der Waals surface area contributed by atoms with Gasteiger partial charge in [0, 0.05) is 23.0 Å². The van der Waals surface area contributed by atoms with Crippen molar-refractivity contribution in [3.05, 3.63) is 69.7 Å². The fourth-order valence-electron chi connectivity index (χ4n) is 4.52. The van der Waals surface area contributed by atoms with Gasteiger partial charge in [-0.05, 0) is 80.4 Å². The van der Waals surface area contributed by atoms with E-state index < -0.39 is 0 Å². The minimum Gasteiger partial charge on any atom is -0.353 e. The number of aryl methyl sites for hydroxylation is 1. The van der Waals surface area contributed by atoms with Crippen molar-refractivity contribution in [2.24, 2.45) is 5.92 Å². The van der Waals surface area contributed by atoms with Gasteiger partial charge in [0.15, 0.2) is 0 Å². The number of nitrogens with one attached hydrogen (secondary N) is 1. The summed E-state index contributed by atoms with van der Waals surface area (Å²) in [5, 5.41) is 3.35. The summed E-state index contributed by atoms with van der Waals surface area (Å²) in [5.74, 6) is 0.451. The van der Waals surface area contributed by atoms with E-state index in [1.807, 2.05) is 0 Å². The molecule has 1 unspecified atom stereocenters. The maximum absolute atomic E-state index is 12.8. The Balaban J connectivity index is 1.22. The van der Waals surface area contributed by atoms with Gasteiger partial charge in [-0.25, -0.2) is 0 Å². The summed E-state index contributed by atoms with van der Waals surface area (Å²) < 4.78 is 1.15. The fraction of sp³-hybridized carbons (Fsp3) is 0.458. The molecule has 1 aliphatic heterocycles. The van der Waals surface area contributed by atoms with Crippen LogP contribution in [0.3, 0.4) is 0 Å². The number of fused-ring (bicyclic) bond motifs is 1. The molecule has 4 heteroatoms. The zero-order chi connectivity index (χ0) is 19.3. The number of piperidine rings is 1. The van der Waals surface area contributed by atoms with Crippen molar-refractivity contribution in [1.82, 2.24) is 10.2 Å². The average molecular weight is 441 g/mol. The Labute approximate surface area is 176 Å². The van der Waals surface area contributed by atoms with Gasteiger partial charge in [0.1, 0.15) is 0 Å². The van der Waals surface area contributed by atoms with Crippen LogP contribution in [0.5, 0.6) is 0 Å². The lowest BCUT2D eigenvalue weighted by Crippen LogP contribution is -2.45. The van der Waals surface area contributed by atoms with Gasteiger partial charge in [-0.1, -0.05) is 52.3 Å². The van der Waals surface area contributed by atoms with E-state index in [0.717, 1.165) is 62.6 Å². The molecule has 1 amide bonds. The molecule has 1 fully saturated rings. The molecule has 1 heterocycles. The number of benzene rings is 2. The van der Waals surface area contributed by atoms with Crippen LogP contribution < -0.4 is 5.32 Å². The van der Waals surface area contributed by atoms with Gasteiger partial charge in [-0.2, -0.15) is 0 Å². The molecule has 1 saturated heterocycles. The number of hydrogen-bond donors (Lipinski definition) is 1. The minimum absolute atomic E-state index is 0.180. The second-order valence-corrected chi connectivity index (χ2v) is 9.13. The largest absolute Gasteiger partial charge is 0.353 e. The van der Waals surface area contributed by atoms with Crippen molar-refractivity contribution < 1.29 is 4.79 Å². The predicted octanol–water partition coefficient (Wildman–Crippen LogP) is 4.38. The lowest BCUT2D eigenvalue weighted by atomic mass is 9.87. The first-order chi connectivity index (χ1) is 13.7. The van der Waals surface area contributed by atoms with Crippen molar-refractivity contribution in [1.29, 1.82) is 0 Å². The van der Waals surface area contributed by atoms with Gasteiger partial charge >= 0.3 is 0 Å². The third-order valence-electron chi connectivity index (χ3n) is 6.26. The van der Waals surface area contributed by atoms with Gasteiger partial charge in [0.05, 0.1) is 0 Å². The molecule has 1 N–H and O–H groups in total. The molecule has 2 aromatic rings. The number of likely N-dealkylation sites (tertiary alicyclic amines) is 1. The SMILES string of the molecule is O=C(NC1CCc2cc(Br)ccc2C1)C1CCN(CCc2ccccc2)CC1. The molecule has 148 valence electrons. The summed E-state index contributed by atoms with van der Waals surface area (Å²) in [6, 6.07) is 17.5. The first kappa shape index (κ1) is 19.7. The Kier molecular flexibility index (Phi) is 6.48. The molecule has 2 aliphatic rings. The zero-order valence-corrected chi connectivity index (χ0v) is 18.0. The van der Waals surface area contributed by atoms with E-state index in [1.165, 1.54) is 16.7 Å². The Morgan fingerprint density at radius 2 is 1.82 bits per heavy atom. The number of carbonyl (C=O) groups excluding carboxylic acids is 1. The summed E-state index contributed by atoms with van der Waals surface area (Å²) in [4.78, 5) is 15.3. The van der Waals surface area contributed by atoms with Crippen LogP contribution in [-0.2, 0) is 24.1 Å². The smallest absolute Gasteiger partial charge is 0.223 e. The second-order valence-electron chi connectivity index (χ2n) is 8.21. The van der Waals surface area contributed by atoms with E-state index in [9.17, 15) is 4.79 Å². The molecule has 1 atom stereocenters. The quantitative estimate of drug-likeness (QED) is 0.747. The Morgan fingerprint density at radius 3 is 2.61 bits per heavy atom. The summed E-state index contributed by atoms with van der Waals surface area (Å²) >= 11 is 3.55. The van der Waals surface area contributed by atoms with Crippen LogP contribution in [-0.4, -0.2) is 36.5 Å². The molecule has 1 aliphatic carbocycles. The molecule has 3 nitrogen and oxygen atoms in total. The molecule has 0 bridgehead atoms. The van der Waals surface area contributed by atoms with Gasteiger partial charge in [-0.15, -0.1) is 0 Å². The topological polar surface area (TPSA) is 32.3 Å². The maximum atomic E-state index is 12.8. The van der Waals surface area contributed by atoms with Crippen molar-refractivity contribution in [3.8, 4) is 0 Å². The molecule has 0 saturated carbocycles. The Bertz CT molecular complexity index is 800. The van der Waals surface area contributed by atoms with Crippen LogP contribution in [0, 0.1) is 5.92 Å². The normalized spacial score (nSPS) is 20.5. The molecule has 0 spiro atoms. The third-order valence-corrected chi connectivity index (χ3v) is 6.75. The van der Waals surface area contributed by atoms with Crippen LogP contribution in [0.15, 0.2) is 53.0 Å². The van der Waals surface area contributed by atoms with Crippen LogP contribution in [0.2, 0.25) is 0 Å². The van der Waals surface area contributed by atoms with Crippen molar-refractivity contribution in [2.45, 2.75) is 44.6 Å². The molecule has 0 radical (unpaired) electrons. The summed E-state index contributed by atoms with van der Waals surface area (Å²) in [7, 11) is 0. The lowest BCUT2D eigenvalue weighted by Gasteiger charge is -2.33. The van der Waals surface area contributed by atoms with E-state index in [2.05, 4.69) is 74.7 Å². The van der Waals surface area contributed by atoms with Gasteiger partial charge in [-0.3, -0.25) is 4.79 Å². The van der Waals surface area contributed by atoms with Gasteiger partial charge in [0.25, 0.3) is 0 Å². The van der Waals surface area contributed by atoms with Crippen LogP contribution >= 0.6 is 15.9 Å². The number of rotatable bonds is 5. The highest BCUT2D eigenvalue weighted by Gasteiger charge is 2.27. The average Bonchev–Trinajstić information content (AvgIpc) is 2.73. The van der Waals surface area contributed by atoms with Crippen LogP contribution in [0.1, 0.15) is 36.0 Å². The van der Waals surface area contributed by atoms with Gasteiger partial charge in [0.2, 0.25) is 5.91 Å². The molecule has 28 heavy (non-hydrogen) atoms. The fourth-order valence-corrected chi connectivity index (χ4v) is 4.92. The van der Waals surface area contributed by atoms with E-state index in [0.29, 0.717) is 0 Å². The first-order valence-electron chi connectivity index (χ1n) is 10.5. The zero-order valence-electron chi connectivity index (χ0n) is 16.4. The number of carbonyl (C=O) groups is 1. The summed E-state index contributed by atoms with van der Waals surface area (Å²) in [6.07, 6.45) is 6.12. The highest BCUT2D eigenvalue weighted by molar-refractivity contribution is 9.10. The maximum Gasteiger partial charge on any atom is 0.223 e. The molecule has 4 rings (SSSR count). The Morgan fingerprint density at radius 1 is 1.04 bits per heavy atom. The molecular weight excluding hydrogens is 412 g/mol. The van der Waals surface area contributed by atoms with Crippen molar-refractivity contribution in [2.75, 3.05) is 19.6 Å². The van der Waals surface area contributed by atoms with Crippen LogP contribution in [0.4, 0.5) is 0 Å². The second kappa shape index (κ2) is 9.23. The first-order valence-corrected chi connectivity index (χ1v) is 11.3. The molecule has 0 aromatic heterocycles. The highest BCUT2D eigenvalue weighted by atomic mass is 79.9. The lowest BCUT2D eigenvalue weighted by molar-refractivity contribution is -0.127. The van der Waals surface area contributed by atoms with E-state index in [-0.39, 0.29) is 17.9 Å². The number of halogens is 1. The van der Waals surface area contributed by atoms with E-state index >= 15 is 0 Å². The van der Waals surface area contributed by atoms with Crippen LogP contribution in [0.25, 0.3) is 0 Å². The number of nitrogens with zero attached hydrogens (tertiary/aromatic N) is 1. The Hall–Kier alpha value is -1.65. The van der Waals surface area contributed by atoms with Crippen molar-refractivity contribution in [3.63, 3.8) is 0 Å². The van der Waals surface area contributed by atoms with E-state index in [1.54, 1.807) is 0 Å². The minimum atomic E-state index is 0.180. The van der Waals surface area contributed by atoms with Gasteiger partial charge < -0.3 is 10.2 Å².